The molecule has 0 radical (unpaired) electrons. The van der Waals surface area contributed by atoms with Gasteiger partial charge in [0.25, 0.3) is 0 Å². The van der Waals surface area contributed by atoms with E-state index in [1.54, 1.807) is 6.20 Å². The third-order valence-electron chi connectivity index (χ3n) is 3.38. The van der Waals surface area contributed by atoms with E-state index in [1.807, 2.05) is 30.2 Å². The number of aromatic nitrogens is 1. The molecule has 1 aliphatic heterocycles. The van der Waals surface area contributed by atoms with Crippen LogP contribution in [0.1, 0.15) is 31.4 Å². The molecule has 0 aromatic carbocycles. The average Bonchev–Trinajstić information content (AvgIpc) is 2.87. The molecule has 92 valence electrons. The van der Waals surface area contributed by atoms with E-state index in [0.29, 0.717) is 6.54 Å². The lowest BCUT2D eigenvalue weighted by atomic mass is 10.1. The first-order chi connectivity index (χ1) is 8.24. The number of carbonyl (C=O) groups is 1. The Bertz CT molecular complexity index is 380. The van der Waals surface area contributed by atoms with Gasteiger partial charge in [-0.15, -0.1) is 0 Å². The highest BCUT2D eigenvalue weighted by Crippen LogP contribution is 2.32. The summed E-state index contributed by atoms with van der Waals surface area (Å²) >= 11 is 0. The Hall–Kier alpha value is -1.42. The van der Waals surface area contributed by atoms with Crippen molar-refractivity contribution < 1.29 is 4.79 Å². The number of hydrogen-bond acceptors (Lipinski definition) is 3. The van der Waals surface area contributed by atoms with Gasteiger partial charge in [0.15, 0.2) is 0 Å². The van der Waals surface area contributed by atoms with E-state index in [0.717, 1.165) is 24.9 Å². The molecule has 4 nitrogen and oxygen atoms in total. The first-order valence-corrected chi connectivity index (χ1v) is 6.14. The first kappa shape index (κ1) is 12.0. The van der Waals surface area contributed by atoms with Crippen LogP contribution in [0.25, 0.3) is 0 Å². The highest BCUT2D eigenvalue weighted by molar-refractivity contribution is 5.79. The summed E-state index contributed by atoms with van der Waals surface area (Å²) in [7, 11) is 0. The molecule has 2 heterocycles. The molecule has 0 bridgehead atoms. The summed E-state index contributed by atoms with van der Waals surface area (Å²) in [4.78, 5) is 18.3. The van der Waals surface area contributed by atoms with Gasteiger partial charge in [-0.1, -0.05) is 13.0 Å². The fourth-order valence-corrected chi connectivity index (χ4v) is 2.33. The minimum absolute atomic E-state index is 0.0905. The van der Waals surface area contributed by atoms with Gasteiger partial charge < -0.3 is 10.6 Å². The van der Waals surface area contributed by atoms with Gasteiger partial charge in [0.1, 0.15) is 0 Å². The summed E-state index contributed by atoms with van der Waals surface area (Å²) in [5.74, 6) is 0.0751. The van der Waals surface area contributed by atoms with Crippen molar-refractivity contribution in [3.05, 3.63) is 30.1 Å². The molecule has 1 fully saturated rings. The first-order valence-electron chi connectivity index (χ1n) is 6.14. The molecule has 0 saturated carbocycles. The second kappa shape index (κ2) is 5.27. The van der Waals surface area contributed by atoms with Crippen molar-refractivity contribution in [1.82, 2.24) is 9.88 Å². The van der Waals surface area contributed by atoms with Gasteiger partial charge in [-0.05, 0) is 24.5 Å². The number of carbonyl (C=O) groups excluding carboxylic acids is 1. The van der Waals surface area contributed by atoms with Crippen LogP contribution in [0.4, 0.5) is 0 Å². The van der Waals surface area contributed by atoms with Crippen LogP contribution in [0.5, 0.6) is 0 Å². The zero-order valence-electron chi connectivity index (χ0n) is 10.2. The van der Waals surface area contributed by atoms with E-state index in [4.69, 9.17) is 5.73 Å². The molecule has 17 heavy (non-hydrogen) atoms. The molecule has 4 heteroatoms. The lowest BCUT2D eigenvalue weighted by Crippen LogP contribution is -2.37. The molecule has 1 amide bonds. The molecule has 2 rings (SSSR count). The summed E-state index contributed by atoms with van der Waals surface area (Å²) in [6.07, 6.45) is 5.69. The highest BCUT2D eigenvalue weighted by atomic mass is 16.2. The number of rotatable bonds is 3. The zero-order valence-corrected chi connectivity index (χ0v) is 10.2. The van der Waals surface area contributed by atoms with Crippen molar-refractivity contribution in [3.63, 3.8) is 0 Å². The summed E-state index contributed by atoms with van der Waals surface area (Å²) in [6, 6.07) is 4.14. The van der Waals surface area contributed by atoms with Gasteiger partial charge in [0, 0.05) is 31.4 Å². The van der Waals surface area contributed by atoms with Crippen LogP contribution < -0.4 is 5.73 Å². The van der Waals surface area contributed by atoms with Crippen LogP contribution in [0.15, 0.2) is 24.5 Å². The van der Waals surface area contributed by atoms with Gasteiger partial charge in [0.05, 0.1) is 6.04 Å². The van der Waals surface area contributed by atoms with Crippen molar-refractivity contribution in [2.24, 2.45) is 11.7 Å². The smallest absolute Gasteiger partial charge is 0.227 e. The van der Waals surface area contributed by atoms with Crippen LogP contribution in [0, 0.1) is 5.92 Å². The van der Waals surface area contributed by atoms with Crippen LogP contribution in [-0.2, 0) is 4.79 Å². The third-order valence-corrected chi connectivity index (χ3v) is 3.38. The highest BCUT2D eigenvalue weighted by Gasteiger charge is 2.31. The molecule has 2 unspecified atom stereocenters. The summed E-state index contributed by atoms with van der Waals surface area (Å²) in [6.45, 7) is 3.14. The van der Waals surface area contributed by atoms with E-state index >= 15 is 0 Å². The lowest BCUT2D eigenvalue weighted by molar-refractivity contribution is -0.135. The fourth-order valence-electron chi connectivity index (χ4n) is 2.33. The average molecular weight is 233 g/mol. The Balaban J connectivity index is 2.15. The van der Waals surface area contributed by atoms with Crippen LogP contribution in [-0.4, -0.2) is 28.9 Å². The maximum absolute atomic E-state index is 12.2. The number of nitrogens with zero attached hydrogens (tertiary/aromatic N) is 2. The number of pyridine rings is 1. The molecule has 1 saturated heterocycles. The van der Waals surface area contributed by atoms with E-state index in [-0.39, 0.29) is 17.9 Å². The predicted molar refractivity (Wildman–Crippen MR) is 66.1 cm³/mol. The van der Waals surface area contributed by atoms with E-state index in [2.05, 4.69) is 4.98 Å². The Kier molecular flexibility index (Phi) is 3.74. The van der Waals surface area contributed by atoms with Crippen LogP contribution in [0.2, 0.25) is 0 Å². The largest absolute Gasteiger partial charge is 0.335 e. The van der Waals surface area contributed by atoms with Crippen molar-refractivity contribution in [1.29, 1.82) is 0 Å². The minimum Gasteiger partial charge on any atom is -0.335 e. The van der Waals surface area contributed by atoms with Crippen molar-refractivity contribution in [2.45, 2.75) is 25.8 Å². The van der Waals surface area contributed by atoms with E-state index < -0.39 is 0 Å². The molecule has 0 spiro atoms. The number of hydrogen-bond donors (Lipinski definition) is 1. The lowest BCUT2D eigenvalue weighted by Gasteiger charge is -2.27. The molecule has 2 N–H and O–H groups in total. The molecule has 1 aromatic rings. The molecular formula is C13H19N3O. The van der Waals surface area contributed by atoms with E-state index in [9.17, 15) is 4.79 Å². The van der Waals surface area contributed by atoms with Gasteiger partial charge in [-0.2, -0.15) is 0 Å². The minimum atomic E-state index is -0.0905. The fraction of sp³-hybridized carbons (Fsp3) is 0.538. The van der Waals surface area contributed by atoms with Crippen molar-refractivity contribution in [2.75, 3.05) is 13.1 Å². The van der Waals surface area contributed by atoms with Gasteiger partial charge in [-0.25, -0.2) is 0 Å². The maximum Gasteiger partial charge on any atom is 0.227 e. The zero-order chi connectivity index (χ0) is 12.3. The molecule has 0 aliphatic carbocycles. The number of likely N-dealkylation sites (tertiary alicyclic amines) is 1. The Morgan fingerprint density at radius 3 is 3.18 bits per heavy atom. The number of nitrogens with two attached hydrogens (primary N) is 1. The quantitative estimate of drug-likeness (QED) is 0.857. The Labute approximate surface area is 102 Å². The second-order valence-electron chi connectivity index (χ2n) is 4.61. The summed E-state index contributed by atoms with van der Waals surface area (Å²) in [5.41, 5.74) is 6.69. The standard InChI is InChI=1S/C13H19N3O/c1-10(8-14)13(17)16-7-3-5-12(16)11-4-2-6-15-9-11/h2,4,6,9-10,12H,3,5,7-8,14H2,1H3. The monoisotopic (exact) mass is 233 g/mol. The Morgan fingerprint density at radius 2 is 2.53 bits per heavy atom. The number of amides is 1. The van der Waals surface area contributed by atoms with Gasteiger partial charge in [-0.3, -0.25) is 9.78 Å². The molecule has 1 aliphatic rings. The van der Waals surface area contributed by atoms with Crippen LogP contribution >= 0.6 is 0 Å². The predicted octanol–water partition coefficient (Wildman–Crippen LogP) is 1.34. The second-order valence-corrected chi connectivity index (χ2v) is 4.61. The normalized spacial score (nSPS) is 21.5. The van der Waals surface area contributed by atoms with Crippen molar-refractivity contribution >= 4 is 5.91 Å². The molecule has 2 atom stereocenters. The molecule has 1 aromatic heterocycles. The molecular weight excluding hydrogens is 214 g/mol. The van der Waals surface area contributed by atoms with Gasteiger partial charge >= 0.3 is 0 Å². The topological polar surface area (TPSA) is 59.2 Å². The summed E-state index contributed by atoms with van der Waals surface area (Å²) < 4.78 is 0. The third kappa shape index (κ3) is 2.47. The van der Waals surface area contributed by atoms with Crippen LogP contribution in [0.3, 0.4) is 0 Å². The Morgan fingerprint density at radius 1 is 1.71 bits per heavy atom. The summed E-state index contributed by atoms with van der Waals surface area (Å²) in [5, 5.41) is 0. The van der Waals surface area contributed by atoms with Gasteiger partial charge in [0.2, 0.25) is 5.91 Å². The SMILES string of the molecule is CC(CN)C(=O)N1CCCC1c1cccnc1. The van der Waals surface area contributed by atoms with Crippen molar-refractivity contribution in [3.8, 4) is 0 Å². The van der Waals surface area contributed by atoms with E-state index in [1.165, 1.54) is 0 Å². The maximum atomic E-state index is 12.2.